The van der Waals surface area contributed by atoms with Gasteiger partial charge in [0.15, 0.2) is 0 Å². The third-order valence-electron chi connectivity index (χ3n) is 2.64. The second kappa shape index (κ2) is 11.0. The summed E-state index contributed by atoms with van der Waals surface area (Å²) in [5.41, 5.74) is 0. The van der Waals surface area contributed by atoms with Crippen LogP contribution in [0.1, 0.15) is 67.1 Å². The highest BCUT2D eigenvalue weighted by atomic mass is 14.8. The maximum absolute atomic E-state index is 3.37. The van der Waals surface area contributed by atoms with Gasteiger partial charge in [0.2, 0.25) is 0 Å². The Balaban J connectivity index is 0. The molecule has 0 aliphatic carbocycles. The quantitative estimate of drug-likeness (QED) is 0.522. The van der Waals surface area contributed by atoms with Crippen LogP contribution in [0.3, 0.4) is 0 Å². The van der Waals surface area contributed by atoms with Crippen LogP contribution in [-0.2, 0) is 0 Å². The first kappa shape index (κ1) is 14.0. The second-order valence-corrected chi connectivity index (χ2v) is 4.66. The number of rotatable bonds is 10. The van der Waals surface area contributed by atoms with Crippen molar-refractivity contribution < 1.29 is 1.43 Å². The summed E-state index contributed by atoms with van der Waals surface area (Å²) >= 11 is 0. The van der Waals surface area contributed by atoms with Crippen LogP contribution >= 0.6 is 0 Å². The van der Waals surface area contributed by atoms with E-state index in [0.29, 0.717) is 0 Å². The average molecular weight is 201 g/mol. The molecule has 0 fully saturated rings. The topological polar surface area (TPSA) is 12.0 Å². The van der Waals surface area contributed by atoms with Crippen molar-refractivity contribution in [2.75, 3.05) is 13.1 Å². The predicted molar refractivity (Wildman–Crippen MR) is 67.8 cm³/mol. The van der Waals surface area contributed by atoms with Crippen LogP contribution in [0, 0.1) is 5.92 Å². The summed E-state index contributed by atoms with van der Waals surface area (Å²) in [7, 11) is 0. The molecule has 0 saturated heterocycles. The summed E-state index contributed by atoms with van der Waals surface area (Å²) in [6.45, 7) is 9.13. The van der Waals surface area contributed by atoms with Crippen LogP contribution in [0.15, 0.2) is 0 Å². The summed E-state index contributed by atoms with van der Waals surface area (Å²) in [6.07, 6.45) is 9.94. The fourth-order valence-electron chi connectivity index (χ4n) is 1.69. The lowest BCUT2D eigenvalue weighted by Crippen LogP contribution is -2.13. The van der Waals surface area contributed by atoms with E-state index in [9.17, 15) is 0 Å². The van der Waals surface area contributed by atoms with Crippen LogP contribution in [0.25, 0.3) is 0 Å². The Hall–Kier alpha value is -0.0400. The molecule has 0 unspecified atom stereocenters. The van der Waals surface area contributed by atoms with E-state index in [4.69, 9.17) is 0 Å². The molecule has 0 aliphatic rings. The smallest absolute Gasteiger partial charge is 0 e. The van der Waals surface area contributed by atoms with Crippen molar-refractivity contribution in [3.63, 3.8) is 0 Å². The summed E-state index contributed by atoms with van der Waals surface area (Å²) in [4.78, 5) is 0. The zero-order valence-corrected chi connectivity index (χ0v) is 10.4. The fourth-order valence-corrected chi connectivity index (χ4v) is 1.69. The van der Waals surface area contributed by atoms with Crippen molar-refractivity contribution in [1.82, 2.24) is 5.32 Å². The van der Waals surface area contributed by atoms with E-state index in [1.807, 2.05) is 0 Å². The molecular weight excluding hydrogens is 170 g/mol. The Morgan fingerprint density at radius 2 is 1.50 bits per heavy atom. The number of hydrogen-bond donors (Lipinski definition) is 1. The predicted octanol–water partition coefficient (Wildman–Crippen LogP) is 4.23. The minimum Gasteiger partial charge on any atom is -0.317 e. The first-order chi connectivity index (χ1) is 6.77. The van der Waals surface area contributed by atoms with Gasteiger partial charge in [-0.3, -0.25) is 0 Å². The lowest BCUT2D eigenvalue weighted by molar-refractivity contribution is 0.508. The van der Waals surface area contributed by atoms with Crippen molar-refractivity contribution >= 4 is 0 Å². The highest BCUT2D eigenvalue weighted by molar-refractivity contribution is 4.50. The highest BCUT2D eigenvalue weighted by Crippen LogP contribution is 2.10. The third kappa shape index (κ3) is 12.0. The molecule has 1 N–H and O–H groups in total. The van der Waals surface area contributed by atoms with Crippen molar-refractivity contribution in [2.24, 2.45) is 5.92 Å². The van der Waals surface area contributed by atoms with Gasteiger partial charge in [0.05, 0.1) is 0 Å². The monoisotopic (exact) mass is 201 g/mol. The lowest BCUT2D eigenvalue weighted by Gasteiger charge is -2.04. The van der Waals surface area contributed by atoms with Crippen molar-refractivity contribution in [2.45, 2.75) is 65.7 Å². The summed E-state index contributed by atoms with van der Waals surface area (Å²) < 4.78 is 0. The average Bonchev–Trinajstić information content (AvgIpc) is 2.15. The first-order valence-electron chi connectivity index (χ1n) is 6.48. The maximum Gasteiger partial charge on any atom is 0 e. The lowest BCUT2D eigenvalue weighted by atomic mass is 10.0. The Bertz CT molecular complexity index is 105. The van der Waals surface area contributed by atoms with E-state index in [1.54, 1.807) is 0 Å². The molecule has 14 heavy (non-hydrogen) atoms. The summed E-state index contributed by atoms with van der Waals surface area (Å²) in [5, 5.41) is 3.37. The zero-order valence-electron chi connectivity index (χ0n) is 10.4. The zero-order chi connectivity index (χ0) is 10.6. The minimum absolute atomic E-state index is 0. The van der Waals surface area contributed by atoms with E-state index in [2.05, 4.69) is 26.1 Å². The van der Waals surface area contributed by atoms with Crippen LogP contribution < -0.4 is 5.32 Å². The van der Waals surface area contributed by atoms with E-state index in [0.717, 1.165) is 12.5 Å². The van der Waals surface area contributed by atoms with Gasteiger partial charge < -0.3 is 5.32 Å². The molecular formula is C13H31N. The van der Waals surface area contributed by atoms with E-state index in [1.165, 1.54) is 51.5 Å². The van der Waals surface area contributed by atoms with Crippen LogP contribution in [0.2, 0.25) is 0 Å². The van der Waals surface area contributed by atoms with E-state index in [-0.39, 0.29) is 1.43 Å². The molecule has 0 aromatic heterocycles. The third-order valence-corrected chi connectivity index (χ3v) is 2.64. The van der Waals surface area contributed by atoms with Crippen LogP contribution in [0.4, 0.5) is 0 Å². The van der Waals surface area contributed by atoms with Crippen molar-refractivity contribution in [3.8, 4) is 0 Å². The molecule has 0 rings (SSSR count). The Labute approximate surface area is 92.2 Å². The number of unbranched alkanes of at least 4 members (excludes halogenated alkanes) is 5. The van der Waals surface area contributed by atoms with Gasteiger partial charge in [-0.05, 0) is 25.4 Å². The molecule has 88 valence electrons. The minimum atomic E-state index is 0. The van der Waals surface area contributed by atoms with Gasteiger partial charge in [-0.25, -0.2) is 0 Å². The van der Waals surface area contributed by atoms with Gasteiger partial charge >= 0.3 is 0 Å². The number of nitrogens with one attached hydrogen (secondary N) is 1. The van der Waals surface area contributed by atoms with Gasteiger partial charge in [0.25, 0.3) is 0 Å². The Morgan fingerprint density at radius 3 is 2.07 bits per heavy atom. The molecule has 1 nitrogen and oxygen atoms in total. The van der Waals surface area contributed by atoms with Crippen molar-refractivity contribution in [1.29, 1.82) is 0 Å². The molecule has 0 amide bonds. The number of hydrogen-bond acceptors (Lipinski definition) is 1. The largest absolute Gasteiger partial charge is 0.317 e. The molecule has 0 aliphatic heterocycles. The normalized spacial score (nSPS) is 11.1. The van der Waals surface area contributed by atoms with Gasteiger partial charge in [0, 0.05) is 1.43 Å². The van der Waals surface area contributed by atoms with Crippen LogP contribution in [0.5, 0.6) is 0 Å². The molecule has 0 radical (unpaired) electrons. The fraction of sp³-hybridized carbons (Fsp3) is 1.00. The molecule has 0 bridgehead atoms. The molecule has 0 aromatic carbocycles. The molecule has 0 heterocycles. The SMILES string of the molecule is CCNCCCCCCCCC(C)C.[HH]. The standard InChI is InChI=1S/C13H29N.H2/c1-4-14-12-10-8-6-5-7-9-11-13(2)3;/h13-14H,4-12H2,1-3H3;1H. The summed E-state index contributed by atoms with van der Waals surface area (Å²) in [6, 6.07) is 0. The van der Waals surface area contributed by atoms with Gasteiger partial charge in [-0.15, -0.1) is 0 Å². The van der Waals surface area contributed by atoms with Crippen molar-refractivity contribution in [3.05, 3.63) is 0 Å². The molecule has 0 aromatic rings. The first-order valence-corrected chi connectivity index (χ1v) is 6.48. The maximum atomic E-state index is 3.37. The highest BCUT2D eigenvalue weighted by Gasteiger charge is 1.94. The van der Waals surface area contributed by atoms with Gasteiger partial charge in [0.1, 0.15) is 0 Å². The Morgan fingerprint density at radius 1 is 0.929 bits per heavy atom. The molecule has 0 spiro atoms. The van der Waals surface area contributed by atoms with E-state index >= 15 is 0 Å². The Kier molecular flexibility index (Phi) is 11.0. The summed E-state index contributed by atoms with van der Waals surface area (Å²) in [5.74, 6) is 0.892. The van der Waals surface area contributed by atoms with E-state index < -0.39 is 0 Å². The van der Waals surface area contributed by atoms with Gasteiger partial charge in [-0.1, -0.05) is 59.3 Å². The molecule has 0 saturated carbocycles. The molecule has 0 atom stereocenters. The molecule has 1 heteroatoms. The second-order valence-electron chi connectivity index (χ2n) is 4.66. The van der Waals surface area contributed by atoms with Crippen LogP contribution in [-0.4, -0.2) is 13.1 Å². The van der Waals surface area contributed by atoms with Gasteiger partial charge in [-0.2, -0.15) is 0 Å².